The molecule has 1 aromatic rings. The van der Waals surface area contributed by atoms with Crippen molar-refractivity contribution in [2.75, 3.05) is 24.2 Å². The van der Waals surface area contributed by atoms with Crippen LogP contribution in [0.1, 0.15) is 20.3 Å². The standard InChI is InChI=1S/C12H19N3OS/c1-3-6-15-12(16)9-17-10-5-7-14-11(8-10)13-4-2/h5,7-8H,3-4,6,9H2,1-2H3,(H,13,14)(H,15,16). The van der Waals surface area contributed by atoms with Crippen LogP contribution in [-0.4, -0.2) is 29.7 Å². The second-order valence-electron chi connectivity index (χ2n) is 3.55. The Hall–Kier alpha value is -1.23. The first kappa shape index (κ1) is 13.8. The summed E-state index contributed by atoms with van der Waals surface area (Å²) < 4.78 is 0. The van der Waals surface area contributed by atoms with Gasteiger partial charge in [-0.1, -0.05) is 6.92 Å². The first-order valence-electron chi connectivity index (χ1n) is 5.85. The molecular weight excluding hydrogens is 234 g/mol. The van der Waals surface area contributed by atoms with Crippen LogP contribution in [0.4, 0.5) is 5.82 Å². The lowest BCUT2D eigenvalue weighted by Crippen LogP contribution is -2.25. The molecule has 0 spiro atoms. The number of nitrogens with zero attached hydrogens (tertiary/aromatic N) is 1. The molecule has 1 aromatic heterocycles. The maximum atomic E-state index is 11.4. The summed E-state index contributed by atoms with van der Waals surface area (Å²) in [5, 5.41) is 6.00. The molecule has 0 radical (unpaired) electrons. The first-order valence-corrected chi connectivity index (χ1v) is 6.84. The molecule has 0 fully saturated rings. The van der Waals surface area contributed by atoms with Crippen molar-refractivity contribution in [3.63, 3.8) is 0 Å². The lowest BCUT2D eigenvalue weighted by Gasteiger charge is -2.05. The van der Waals surface area contributed by atoms with Crippen LogP contribution in [0.2, 0.25) is 0 Å². The Morgan fingerprint density at radius 3 is 3.00 bits per heavy atom. The molecule has 0 aliphatic heterocycles. The Morgan fingerprint density at radius 2 is 2.29 bits per heavy atom. The van der Waals surface area contributed by atoms with E-state index in [1.54, 1.807) is 6.20 Å². The van der Waals surface area contributed by atoms with E-state index < -0.39 is 0 Å². The summed E-state index contributed by atoms with van der Waals surface area (Å²) in [4.78, 5) is 16.7. The van der Waals surface area contributed by atoms with E-state index in [0.717, 1.165) is 30.2 Å². The first-order chi connectivity index (χ1) is 8.26. The Kier molecular flexibility index (Phi) is 6.47. The van der Waals surface area contributed by atoms with Crippen LogP contribution in [0.5, 0.6) is 0 Å². The summed E-state index contributed by atoms with van der Waals surface area (Å²) in [7, 11) is 0. The molecule has 1 rings (SSSR count). The van der Waals surface area contributed by atoms with E-state index in [1.165, 1.54) is 11.8 Å². The molecule has 0 atom stereocenters. The number of carbonyl (C=O) groups is 1. The van der Waals surface area contributed by atoms with E-state index in [4.69, 9.17) is 0 Å². The van der Waals surface area contributed by atoms with E-state index in [1.807, 2.05) is 26.0 Å². The highest BCUT2D eigenvalue weighted by Crippen LogP contribution is 2.19. The van der Waals surface area contributed by atoms with Gasteiger partial charge in [0.2, 0.25) is 5.91 Å². The smallest absolute Gasteiger partial charge is 0.230 e. The number of pyridine rings is 1. The number of anilines is 1. The topological polar surface area (TPSA) is 54.0 Å². The summed E-state index contributed by atoms with van der Waals surface area (Å²) in [6.45, 7) is 5.66. The second kappa shape index (κ2) is 7.95. The maximum absolute atomic E-state index is 11.4. The van der Waals surface area contributed by atoms with Crippen LogP contribution < -0.4 is 10.6 Å². The molecule has 17 heavy (non-hydrogen) atoms. The highest BCUT2D eigenvalue weighted by atomic mass is 32.2. The number of nitrogens with one attached hydrogen (secondary N) is 2. The van der Waals surface area contributed by atoms with Crippen molar-refractivity contribution in [1.82, 2.24) is 10.3 Å². The molecule has 0 saturated heterocycles. The summed E-state index contributed by atoms with van der Waals surface area (Å²) in [6.07, 6.45) is 2.72. The molecule has 0 aromatic carbocycles. The van der Waals surface area contributed by atoms with Gasteiger partial charge in [0, 0.05) is 24.2 Å². The zero-order valence-corrected chi connectivity index (χ0v) is 11.1. The average molecular weight is 253 g/mol. The molecule has 2 N–H and O–H groups in total. The van der Waals surface area contributed by atoms with Crippen LogP contribution in [0.3, 0.4) is 0 Å². The molecule has 0 aliphatic carbocycles. The third-order valence-electron chi connectivity index (χ3n) is 2.03. The van der Waals surface area contributed by atoms with Gasteiger partial charge in [-0.2, -0.15) is 0 Å². The minimum Gasteiger partial charge on any atom is -0.370 e. The number of hydrogen-bond acceptors (Lipinski definition) is 4. The predicted octanol–water partition coefficient (Wildman–Crippen LogP) is 2.13. The van der Waals surface area contributed by atoms with E-state index in [-0.39, 0.29) is 5.91 Å². The van der Waals surface area contributed by atoms with Crippen molar-refractivity contribution in [3.8, 4) is 0 Å². The number of rotatable bonds is 7. The average Bonchev–Trinajstić information content (AvgIpc) is 2.35. The molecule has 0 bridgehead atoms. The molecule has 1 heterocycles. The summed E-state index contributed by atoms with van der Waals surface area (Å²) in [5.74, 6) is 1.39. The van der Waals surface area contributed by atoms with Crippen molar-refractivity contribution >= 4 is 23.5 Å². The lowest BCUT2D eigenvalue weighted by atomic mass is 10.4. The van der Waals surface area contributed by atoms with Gasteiger partial charge in [0.05, 0.1) is 5.75 Å². The molecule has 0 aliphatic rings. The summed E-state index contributed by atoms with van der Waals surface area (Å²) in [5.41, 5.74) is 0. The number of amides is 1. The van der Waals surface area contributed by atoms with Gasteiger partial charge in [0.1, 0.15) is 5.82 Å². The molecule has 94 valence electrons. The molecule has 5 heteroatoms. The Morgan fingerprint density at radius 1 is 1.47 bits per heavy atom. The number of carbonyl (C=O) groups excluding carboxylic acids is 1. The fraction of sp³-hybridized carbons (Fsp3) is 0.500. The summed E-state index contributed by atoms with van der Waals surface area (Å²) in [6, 6.07) is 3.87. The Balaban J connectivity index is 2.40. The highest BCUT2D eigenvalue weighted by molar-refractivity contribution is 8.00. The normalized spacial score (nSPS) is 10.0. The van der Waals surface area contributed by atoms with Crippen LogP contribution in [0.25, 0.3) is 0 Å². The minimum atomic E-state index is 0.0821. The van der Waals surface area contributed by atoms with Gasteiger partial charge in [-0.25, -0.2) is 4.98 Å². The van der Waals surface area contributed by atoms with Crippen LogP contribution in [-0.2, 0) is 4.79 Å². The molecule has 4 nitrogen and oxygen atoms in total. The minimum absolute atomic E-state index is 0.0821. The van der Waals surface area contributed by atoms with E-state index in [2.05, 4.69) is 15.6 Å². The fourth-order valence-corrected chi connectivity index (χ4v) is 1.99. The van der Waals surface area contributed by atoms with Crippen molar-refractivity contribution < 1.29 is 4.79 Å². The molecule has 0 saturated carbocycles. The second-order valence-corrected chi connectivity index (χ2v) is 4.59. The lowest BCUT2D eigenvalue weighted by molar-refractivity contribution is -0.118. The van der Waals surface area contributed by atoms with Gasteiger partial charge in [-0.3, -0.25) is 4.79 Å². The van der Waals surface area contributed by atoms with Gasteiger partial charge in [-0.05, 0) is 25.5 Å². The number of hydrogen-bond donors (Lipinski definition) is 2. The number of aromatic nitrogens is 1. The van der Waals surface area contributed by atoms with Crippen molar-refractivity contribution in [1.29, 1.82) is 0 Å². The van der Waals surface area contributed by atoms with Gasteiger partial charge in [0.15, 0.2) is 0 Å². The van der Waals surface area contributed by atoms with Gasteiger partial charge >= 0.3 is 0 Å². The van der Waals surface area contributed by atoms with Gasteiger partial charge in [-0.15, -0.1) is 11.8 Å². The largest absolute Gasteiger partial charge is 0.370 e. The van der Waals surface area contributed by atoms with Crippen molar-refractivity contribution in [2.45, 2.75) is 25.2 Å². The SMILES string of the molecule is CCCNC(=O)CSc1ccnc(NCC)c1. The Bertz CT molecular complexity index is 357. The van der Waals surface area contributed by atoms with Gasteiger partial charge in [0.25, 0.3) is 0 Å². The van der Waals surface area contributed by atoms with E-state index in [9.17, 15) is 4.79 Å². The molecule has 1 amide bonds. The van der Waals surface area contributed by atoms with Crippen LogP contribution in [0.15, 0.2) is 23.2 Å². The fourth-order valence-electron chi connectivity index (χ4n) is 1.24. The molecule has 0 unspecified atom stereocenters. The quantitative estimate of drug-likeness (QED) is 0.731. The zero-order valence-electron chi connectivity index (χ0n) is 10.3. The third kappa shape index (κ3) is 5.58. The van der Waals surface area contributed by atoms with E-state index >= 15 is 0 Å². The zero-order chi connectivity index (χ0) is 12.5. The van der Waals surface area contributed by atoms with Crippen LogP contribution >= 0.6 is 11.8 Å². The highest BCUT2D eigenvalue weighted by Gasteiger charge is 2.02. The third-order valence-corrected chi connectivity index (χ3v) is 3.03. The van der Waals surface area contributed by atoms with Crippen molar-refractivity contribution in [2.24, 2.45) is 0 Å². The van der Waals surface area contributed by atoms with Crippen molar-refractivity contribution in [3.05, 3.63) is 18.3 Å². The monoisotopic (exact) mass is 253 g/mol. The summed E-state index contributed by atoms with van der Waals surface area (Å²) >= 11 is 1.53. The van der Waals surface area contributed by atoms with Gasteiger partial charge < -0.3 is 10.6 Å². The predicted molar refractivity (Wildman–Crippen MR) is 72.4 cm³/mol. The van der Waals surface area contributed by atoms with Crippen LogP contribution in [0, 0.1) is 0 Å². The van der Waals surface area contributed by atoms with E-state index in [0.29, 0.717) is 5.75 Å². The molecular formula is C12H19N3OS. The maximum Gasteiger partial charge on any atom is 0.230 e. The Labute approximate surface area is 107 Å². The number of thioether (sulfide) groups is 1.